The van der Waals surface area contributed by atoms with Crippen molar-refractivity contribution in [3.8, 4) is 0 Å². The van der Waals surface area contributed by atoms with E-state index in [1.807, 2.05) is 0 Å². The van der Waals surface area contributed by atoms with Crippen LogP contribution in [0.4, 0.5) is 0 Å². The first-order valence-corrected chi connectivity index (χ1v) is 5.36. The lowest BCUT2D eigenvalue weighted by Crippen LogP contribution is -2.43. The SMILES string of the molecule is CC(N1CCCC1)N1CCCC1. The molecule has 0 bridgehead atoms. The van der Waals surface area contributed by atoms with Gasteiger partial charge in [-0.05, 0) is 58.8 Å². The quantitative estimate of drug-likeness (QED) is 0.617. The predicted octanol–water partition coefficient (Wildman–Crippen LogP) is 1.52. The van der Waals surface area contributed by atoms with Crippen molar-refractivity contribution < 1.29 is 0 Å². The first kappa shape index (κ1) is 8.52. The maximum Gasteiger partial charge on any atom is 0.0593 e. The van der Waals surface area contributed by atoms with E-state index in [-0.39, 0.29) is 0 Å². The molecule has 0 amide bonds. The van der Waals surface area contributed by atoms with Gasteiger partial charge in [0.15, 0.2) is 0 Å². The Morgan fingerprint density at radius 2 is 1.08 bits per heavy atom. The molecule has 2 saturated heterocycles. The van der Waals surface area contributed by atoms with Crippen LogP contribution in [0.1, 0.15) is 32.6 Å². The monoisotopic (exact) mass is 168 g/mol. The topological polar surface area (TPSA) is 6.48 Å². The zero-order chi connectivity index (χ0) is 8.39. The van der Waals surface area contributed by atoms with E-state index in [4.69, 9.17) is 0 Å². The first-order valence-electron chi connectivity index (χ1n) is 5.36. The Labute approximate surface area is 75.5 Å². The summed E-state index contributed by atoms with van der Waals surface area (Å²) in [6.07, 6.45) is 6.38. The van der Waals surface area contributed by atoms with Gasteiger partial charge in [0.25, 0.3) is 0 Å². The highest BCUT2D eigenvalue weighted by Gasteiger charge is 2.25. The summed E-state index contributed by atoms with van der Waals surface area (Å²) in [4.78, 5) is 5.26. The van der Waals surface area contributed by atoms with E-state index < -0.39 is 0 Å². The summed E-state index contributed by atoms with van der Waals surface area (Å²) in [6, 6.07) is 0. The molecule has 12 heavy (non-hydrogen) atoms. The van der Waals surface area contributed by atoms with Crippen LogP contribution in [0.5, 0.6) is 0 Å². The van der Waals surface area contributed by atoms with Crippen LogP contribution in [0.2, 0.25) is 0 Å². The molecule has 2 aliphatic heterocycles. The van der Waals surface area contributed by atoms with Crippen LogP contribution in [0.25, 0.3) is 0 Å². The van der Waals surface area contributed by atoms with E-state index in [0.717, 1.165) is 6.17 Å². The average Bonchev–Trinajstić information content (AvgIpc) is 2.77. The van der Waals surface area contributed by atoms with Crippen molar-refractivity contribution in [2.45, 2.75) is 38.8 Å². The molecule has 2 fully saturated rings. The lowest BCUT2D eigenvalue weighted by Gasteiger charge is -2.31. The van der Waals surface area contributed by atoms with Gasteiger partial charge in [0, 0.05) is 0 Å². The summed E-state index contributed by atoms with van der Waals surface area (Å²) in [5.74, 6) is 0. The fourth-order valence-electron chi connectivity index (χ4n) is 2.46. The van der Waals surface area contributed by atoms with Gasteiger partial charge in [-0.1, -0.05) is 0 Å². The molecule has 0 aliphatic carbocycles. The third kappa shape index (κ3) is 1.64. The molecule has 2 nitrogen and oxygen atoms in total. The Bertz CT molecular complexity index is 119. The van der Waals surface area contributed by atoms with E-state index >= 15 is 0 Å². The molecule has 0 spiro atoms. The molecule has 2 rings (SSSR count). The minimum Gasteiger partial charge on any atom is -0.288 e. The lowest BCUT2D eigenvalue weighted by atomic mass is 10.4. The van der Waals surface area contributed by atoms with Gasteiger partial charge in [-0.3, -0.25) is 9.80 Å². The number of hydrogen-bond acceptors (Lipinski definition) is 2. The van der Waals surface area contributed by atoms with Crippen LogP contribution in [0, 0.1) is 0 Å². The van der Waals surface area contributed by atoms with Gasteiger partial charge in [0.2, 0.25) is 0 Å². The number of nitrogens with zero attached hydrogens (tertiary/aromatic N) is 2. The van der Waals surface area contributed by atoms with E-state index in [2.05, 4.69) is 16.7 Å². The van der Waals surface area contributed by atoms with E-state index in [1.165, 1.54) is 51.9 Å². The molecule has 2 heteroatoms. The maximum absolute atomic E-state index is 2.63. The number of rotatable bonds is 2. The van der Waals surface area contributed by atoms with Gasteiger partial charge in [-0.15, -0.1) is 0 Å². The average molecular weight is 168 g/mol. The molecule has 0 N–H and O–H groups in total. The smallest absolute Gasteiger partial charge is 0.0593 e. The van der Waals surface area contributed by atoms with Gasteiger partial charge in [0.1, 0.15) is 0 Å². The van der Waals surface area contributed by atoms with E-state index in [9.17, 15) is 0 Å². The van der Waals surface area contributed by atoms with Crippen molar-refractivity contribution >= 4 is 0 Å². The summed E-state index contributed by atoms with van der Waals surface area (Å²) in [5, 5.41) is 0. The summed E-state index contributed by atoms with van der Waals surface area (Å²) in [5.41, 5.74) is 0. The third-order valence-corrected chi connectivity index (χ3v) is 3.34. The number of likely N-dealkylation sites (tertiary alicyclic amines) is 2. The molecule has 2 heterocycles. The van der Waals surface area contributed by atoms with Crippen LogP contribution in [0.3, 0.4) is 0 Å². The zero-order valence-corrected chi connectivity index (χ0v) is 8.13. The van der Waals surface area contributed by atoms with E-state index in [1.54, 1.807) is 0 Å². The third-order valence-electron chi connectivity index (χ3n) is 3.34. The summed E-state index contributed by atoms with van der Waals surface area (Å²) in [7, 11) is 0. The Hall–Kier alpha value is -0.0800. The molecule has 2 aliphatic rings. The molecule has 0 aromatic carbocycles. The molecule has 0 aromatic heterocycles. The molecule has 0 saturated carbocycles. The normalized spacial score (nSPS) is 27.5. The summed E-state index contributed by atoms with van der Waals surface area (Å²) >= 11 is 0. The molecule has 0 aromatic rings. The Balaban J connectivity index is 1.84. The van der Waals surface area contributed by atoms with Gasteiger partial charge >= 0.3 is 0 Å². The van der Waals surface area contributed by atoms with Crippen molar-refractivity contribution in [3.05, 3.63) is 0 Å². The Kier molecular flexibility index (Phi) is 2.66. The minimum atomic E-state index is 0.718. The maximum atomic E-state index is 2.63. The van der Waals surface area contributed by atoms with Crippen molar-refractivity contribution in [1.82, 2.24) is 9.80 Å². The molecule has 0 atom stereocenters. The highest BCUT2D eigenvalue weighted by atomic mass is 15.4. The van der Waals surface area contributed by atoms with Crippen LogP contribution in [0.15, 0.2) is 0 Å². The van der Waals surface area contributed by atoms with Crippen LogP contribution in [-0.2, 0) is 0 Å². The zero-order valence-electron chi connectivity index (χ0n) is 8.13. The van der Waals surface area contributed by atoms with Crippen LogP contribution < -0.4 is 0 Å². The molecule has 0 unspecified atom stereocenters. The predicted molar refractivity (Wildman–Crippen MR) is 51.1 cm³/mol. The van der Waals surface area contributed by atoms with Crippen LogP contribution >= 0.6 is 0 Å². The Morgan fingerprint density at radius 3 is 1.42 bits per heavy atom. The van der Waals surface area contributed by atoms with Gasteiger partial charge < -0.3 is 0 Å². The van der Waals surface area contributed by atoms with E-state index in [0.29, 0.717) is 0 Å². The summed E-state index contributed by atoms with van der Waals surface area (Å²) in [6.45, 7) is 7.70. The fraction of sp³-hybridized carbons (Fsp3) is 1.00. The second kappa shape index (κ2) is 3.75. The lowest BCUT2D eigenvalue weighted by molar-refractivity contribution is 0.0949. The van der Waals surface area contributed by atoms with Crippen molar-refractivity contribution in [3.63, 3.8) is 0 Å². The molecular formula is C10H20N2. The van der Waals surface area contributed by atoms with Gasteiger partial charge in [0.05, 0.1) is 6.17 Å². The number of hydrogen-bond donors (Lipinski definition) is 0. The minimum absolute atomic E-state index is 0.718. The first-order chi connectivity index (χ1) is 5.88. The van der Waals surface area contributed by atoms with Crippen molar-refractivity contribution in [1.29, 1.82) is 0 Å². The molecular weight excluding hydrogens is 148 g/mol. The largest absolute Gasteiger partial charge is 0.288 e. The van der Waals surface area contributed by atoms with Crippen molar-refractivity contribution in [2.24, 2.45) is 0 Å². The second-order valence-corrected chi connectivity index (χ2v) is 4.12. The molecule has 70 valence electrons. The fourth-order valence-corrected chi connectivity index (χ4v) is 2.46. The van der Waals surface area contributed by atoms with Gasteiger partial charge in [-0.25, -0.2) is 0 Å². The summed E-state index contributed by atoms with van der Waals surface area (Å²) < 4.78 is 0. The highest BCUT2D eigenvalue weighted by Crippen LogP contribution is 2.18. The second-order valence-electron chi connectivity index (χ2n) is 4.12. The molecule has 0 radical (unpaired) electrons. The van der Waals surface area contributed by atoms with Crippen molar-refractivity contribution in [2.75, 3.05) is 26.2 Å². The standard InChI is InChI=1S/C10H20N2/c1-10(11-6-2-3-7-11)12-8-4-5-9-12/h10H,2-9H2,1H3. The Morgan fingerprint density at radius 1 is 0.750 bits per heavy atom. The highest BCUT2D eigenvalue weighted by molar-refractivity contribution is 4.77. The van der Waals surface area contributed by atoms with Gasteiger partial charge in [-0.2, -0.15) is 0 Å². The van der Waals surface area contributed by atoms with Crippen LogP contribution in [-0.4, -0.2) is 42.1 Å².